The predicted molar refractivity (Wildman–Crippen MR) is 78.2 cm³/mol. The van der Waals surface area contributed by atoms with Crippen molar-refractivity contribution in [3.63, 3.8) is 0 Å². The first-order chi connectivity index (χ1) is 10.3. The van der Waals surface area contributed by atoms with E-state index in [4.69, 9.17) is 9.47 Å². The second-order valence-electron chi connectivity index (χ2n) is 5.42. The fraction of sp³-hybridized carbons (Fsp3) is 0.600. The summed E-state index contributed by atoms with van der Waals surface area (Å²) in [5.41, 5.74) is 0. The maximum absolute atomic E-state index is 12.1. The fourth-order valence-corrected chi connectivity index (χ4v) is 3.12. The van der Waals surface area contributed by atoms with Gasteiger partial charge in [0.05, 0.1) is 18.8 Å². The second kappa shape index (κ2) is 6.41. The van der Waals surface area contributed by atoms with E-state index in [0.29, 0.717) is 13.2 Å². The number of carbonyl (C=O) groups is 1. The number of fused-ring (bicyclic) bond motifs is 1. The smallest absolute Gasteiger partial charge is 0.249 e. The van der Waals surface area contributed by atoms with Gasteiger partial charge in [-0.2, -0.15) is 0 Å². The Morgan fingerprint density at radius 2 is 2.48 bits per heavy atom. The van der Waals surface area contributed by atoms with Crippen LogP contribution in [0.3, 0.4) is 0 Å². The van der Waals surface area contributed by atoms with Crippen LogP contribution in [0.4, 0.5) is 5.82 Å². The van der Waals surface area contributed by atoms with Crippen LogP contribution < -0.4 is 10.2 Å². The van der Waals surface area contributed by atoms with E-state index in [2.05, 4.69) is 15.2 Å². The van der Waals surface area contributed by atoms with E-state index < -0.39 is 0 Å². The van der Waals surface area contributed by atoms with Crippen molar-refractivity contribution in [3.8, 4) is 0 Å². The molecule has 21 heavy (non-hydrogen) atoms. The van der Waals surface area contributed by atoms with Gasteiger partial charge < -0.3 is 19.7 Å². The van der Waals surface area contributed by atoms with Crippen molar-refractivity contribution < 1.29 is 14.3 Å². The van der Waals surface area contributed by atoms with Gasteiger partial charge in [0.1, 0.15) is 11.9 Å². The Bertz CT molecular complexity index is 482. The Kier molecular flexibility index (Phi) is 4.36. The molecule has 1 aromatic heterocycles. The molecule has 3 rings (SSSR count). The summed E-state index contributed by atoms with van der Waals surface area (Å²) in [4.78, 5) is 18.7. The number of hydrogen-bond donors (Lipinski definition) is 1. The van der Waals surface area contributed by atoms with Gasteiger partial charge in [0.15, 0.2) is 0 Å². The lowest BCUT2D eigenvalue weighted by atomic mass is 10.1. The average molecular weight is 291 g/mol. The van der Waals surface area contributed by atoms with Crippen molar-refractivity contribution in [1.29, 1.82) is 0 Å². The van der Waals surface area contributed by atoms with Crippen LogP contribution in [0.15, 0.2) is 24.4 Å². The third kappa shape index (κ3) is 3.01. The van der Waals surface area contributed by atoms with E-state index in [-0.39, 0.29) is 24.2 Å². The molecule has 6 nitrogen and oxygen atoms in total. The van der Waals surface area contributed by atoms with Crippen LogP contribution in [0, 0.1) is 0 Å². The molecule has 0 saturated carbocycles. The molecule has 3 heterocycles. The van der Waals surface area contributed by atoms with E-state index in [1.54, 1.807) is 13.3 Å². The van der Waals surface area contributed by atoms with Crippen LogP contribution >= 0.6 is 0 Å². The zero-order valence-corrected chi connectivity index (χ0v) is 12.2. The number of nitrogens with zero attached hydrogens (tertiary/aromatic N) is 2. The minimum Gasteiger partial charge on any atom is -0.383 e. The molecule has 1 amide bonds. The predicted octanol–water partition coefficient (Wildman–Crippen LogP) is 0.580. The lowest BCUT2D eigenvalue weighted by Gasteiger charge is -2.23. The molecule has 2 aliphatic rings. The summed E-state index contributed by atoms with van der Waals surface area (Å²) in [5, 5.41) is 2.85. The van der Waals surface area contributed by atoms with E-state index >= 15 is 0 Å². The number of aromatic nitrogens is 1. The van der Waals surface area contributed by atoms with Crippen molar-refractivity contribution in [2.24, 2.45) is 0 Å². The van der Waals surface area contributed by atoms with Crippen LogP contribution in [0.1, 0.15) is 12.8 Å². The lowest BCUT2D eigenvalue weighted by molar-refractivity contribution is -0.132. The van der Waals surface area contributed by atoms with Crippen molar-refractivity contribution >= 4 is 11.7 Å². The molecule has 0 unspecified atom stereocenters. The summed E-state index contributed by atoms with van der Waals surface area (Å²) in [5.74, 6) is 0.927. The topological polar surface area (TPSA) is 63.7 Å². The standard InChI is InChI=1S/C15H21N3O3/c1-20-9-7-17-15(19)13-10-11-12(21-13)5-8-18(11)14-4-2-3-6-16-14/h2-4,6,11-13H,5,7-10H2,1H3,(H,17,19)/t11-,12-,13+/m1/s1. The van der Waals surface area contributed by atoms with Crippen molar-refractivity contribution in [2.75, 3.05) is 31.7 Å². The quantitative estimate of drug-likeness (QED) is 0.804. The molecule has 0 spiro atoms. The SMILES string of the molecule is COCCNC(=O)[C@@H]1C[C@@H]2[C@@H](CCN2c2ccccn2)O1. The van der Waals surface area contributed by atoms with Crippen molar-refractivity contribution in [3.05, 3.63) is 24.4 Å². The molecule has 1 N–H and O–H groups in total. The number of nitrogens with one attached hydrogen (secondary N) is 1. The summed E-state index contributed by atoms with van der Waals surface area (Å²) < 4.78 is 10.8. The molecule has 3 atom stereocenters. The summed E-state index contributed by atoms with van der Waals surface area (Å²) in [6.07, 6.45) is 3.24. The largest absolute Gasteiger partial charge is 0.383 e. The van der Waals surface area contributed by atoms with Gasteiger partial charge >= 0.3 is 0 Å². The molecule has 0 aromatic carbocycles. The van der Waals surface area contributed by atoms with Crippen LogP contribution in [-0.4, -0.2) is 55.9 Å². The third-order valence-corrected chi connectivity index (χ3v) is 4.12. The van der Waals surface area contributed by atoms with E-state index in [0.717, 1.165) is 25.2 Å². The zero-order chi connectivity index (χ0) is 14.7. The number of hydrogen-bond acceptors (Lipinski definition) is 5. The first kappa shape index (κ1) is 14.3. The Labute approximate surface area is 124 Å². The first-order valence-electron chi connectivity index (χ1n) is 7.39. The number of amides is 1. The highest BCUT2D eigenvalue weighted by Gasteiger charge is 2.45. The van der Waals surface area contributed by atoms with E-state index in [9.17, 15) is 4.79 Å². The Morgan fingerprint density at radius 3 is 3.24 bits per heavy atom. The highest BCUT2D eigenvalue weighted by molar-refractivity contribution is 5.81. The Hall–Kier alpha value is -1.66. The van der Waals surface area contributed by atoms with Crippen LogP contribution in [-0.2, 0) is 14.3 Å². The molecular weight excluding hydrogens is 270 g/mol. The normalized spacial score (nSPS) is 27.7. The molecule has 114 valence electrons. The number of ether oxygens (including phenoxy) is 2. The summed E-state index contributed by atoms with van der Waals surface area (Å²) in [6, 6.07) is 6.15. The molecular formula is C15H21N3O3. The second-order valence-corrected chi connectivity index (χ2v) is 5.42. The number of methoxy groups -OCH3 is 1. The lowest BCUT2D eigenvalue weighted by Crippen LogP contribution is -2.38. The minimum atomic E-state index is -0.358. The summed E-state index contributed by atoms with van der Waals surface area (Å²) >= 11 is 0. The molecule has 0 radical (unpaired) electrons. The number of carbonyl (C=O) groups excluding carboxylic acids is 1. The Balaban J connectivity index is 1.60. The summed E-state index contributed by atoms with van der Waals surface area (Å²) in [6.45, 7) is 1.98. The molecule has 6 heteroatoms. The molecule has 0 aliphatic carbocycles. The minimum absolute atomic E-state index is 0.0394. The highest BCUT2D eigenvalue weighted by atomic mass is 16.5. The average Bonchev–Trinajstić information content (AvgIpc) is 3.08. The van der Waals surface area contributed by atoms with Crippen LogP contribution in [0.25, 0.3) is 0 Å². The highest BCUT2D eigenvalue weighted by Crippen LogP contribution is 2.35. The van der Waals surface area contributed by atoms with E-state index in [1.807, 2.05) is 18.2 Å². The number of pyridine rings is 1. The van der Waals surface area contributed by atoms with Gasteiger partial charge in [-0.15, -0.1) is 0 Å². The van der Waals surface area contributed by atoms with Crippen molar-refractivity contribution in [2.45, 2.75) is 31.1 Å². The number of rotatable bonds is 5. The van der Waals surface area contributed by atoms with Crippen LogP contribution in [0.5, 0.6) is 0 Å². The van der Waals surface area contributed by atoms with Gasteiger partial charge in [0.2, 0.25) is 5.91 Å². The van der Waals surface area contributed by atoms with Gasteiger partial charge in [-0.3, -0.25) is 4.79 Å². The van der Waals surface area contributed by atoms with Gasteiger partial charge in [0, 0.05) is 32.8 Å². The maximum Gasteiger partial charge on any atom is 0.249 e. The third-order valence-electron chi connectivity index (χ3n) is 4.12. The maximum atomic E-state index is 12.1. The zero-order valence-electron chi connectivity index (χ0n) is 12.2. The van der Waals surface area contributed by atoms with Gasteiger partial charge in [-0.05, 0) is 18.6 Å². The van der Waals surface area contributed by atoms with Crippen molar-refractivity contribution in [1.82, 2.24) is 10.3 Å². The van der Waals surface area contributed by atoms with Gasteiger partial charge in [-0.1, -0.05) is 6.07 Å². The molecule has 2 saturated heterocycles. The number of anilines is 1. The van der Waals surface area contributed by atoms with Gasteiger partial charge in [-0.25, -0.2) is 4.98 Å². The first-order valence-corrected chi connectivity index (χ1v) is 7.39. The van der Waals surface area contributed by atoms with Gasteiger partial charge in [0.25, 0.3) is 0 Å². The van der Waals surface area contributed by atoms with Crippen LogP contribution in [0.2, 0.25) is 0 Å². The fourth-order valence-electron chi connectivity index (χ4n) is 3.12. The molecule has 2 aliphatic heterocycles. The molecule has 0 bridgehead atoms. The molecule has 1 aromatic rings. The summed E-state index contributed by atoms with van der Waals surface area (Å²) in [7, 11) is 1.62. The monoisotopic (exact) mass is 291 g/mol. The van der Waals surface area contributed by atoms with E-state index in [1.165, 1.54) is 0 Å². The molecule has 2 fully saturated rings. The Morgan fingerprint density at radius 1 is 1.57 bits per heavy atom.